The minimum Gasteiger partial charge on any atom is -0.508 e. The van der Waals surface area contributed by atoms with Crippen LogP contribution in [0.3, 0.4) is 0 Å². The summed E-state index contributed by atoms with van der Waals surface area (Å²) >= 11 is 12.4. The van der Waals surface area contributed by atoms with E-state index in [-0.39, 0.29) is 55.3 Å². The van der Waals surface area contributed by atoms with Crippen LogP contribution in [0.25, 0.3) is 21.9 Å². The van der Waals surface area contributed by atoms with Crippen LogP contribution in [0.1, 0.15) is 46.5 Å². The highest BCUT2D eigenvalue weighted by Gasteiger charge is 2.42. The monoisotopic (exact) mass is 540 g/mol. The Hall–Kier alpha value is -3.81. The predicted octanol–water partition coefficient (Wildman–Crippen LogP) is 6.53. The molecule has 0 radical (unpaired) electrons. The molecule has 0 amide bonds. The molecule has 1 aliphatic carbocycles. The van der Waals surface area contributed by atoms with Crippen molar-refractivity contribution in [3.8, 4) is 45.6 Å². The molecule has 190 valence electrons. The highest BCUT2D eigenvalue weighted by molar-refractivity contribution is 6.35. The average molecular weight is 541 g/mol. The third-order valence-corrected chi connectivity index (χ3v) is 8.00. The number of aromatic hydroxyl groups is 5. The van der Waals surface area contributed by atoms with Gasteiger partial charge in [-0.15, -0.1) is 0 Å². The first-order chi connectivity index (χ1) is 17.3. The lowest BCUT2D eigenvalue weighted by Crippen LogP contribution is -2.30. The maximum atomic E-state index is 13.8. The normalized spacial score (nSPS) is 13.9. The van der Waals surface area contributed by atoms with E-state index in [1.807, 2.05) is 0 Å². The molecule has 0 fully saturated rings. The predicted molar refractivity (Wildman–Crippen MR) is 141 cm³/mol. The van der Waals surface area contributed by atoms with E-state index in [4.69, 9.17) is 27.9 Å². The van der Waals surface area contributed by atoms with Crippen molar-refractivity contribution in [1.82, 2.24) is 0 Å². The topological polar surface area (TPSA) is 127 Å². The summed E-state index contributed by atoms with van der Waals surface area (Å²) in [5, 5.41) is 53.8. The third kappa shape index (κ3) is 3.31. The molecule has 7 nitrogen and oxygen atoms in total. The van der Waals surface area contributed by atoms with Crippen LogP contribution >= 0.6 is 23.2 Å². The smallest absolute Gasteiger partial charge is 0.201 e. The van der Waals surface area contributed by atoms with Gasteiger partial charge in [-0.05, 0) is 53.3 Å². The van der Waals surface area contributed by atoms with Crippen LogP contribution < -0.4 is 4.74 Å². The van der Waals surface area contributed by atoms with E-state index in [1.54, 1.807) is 26.8 Å². The van der Waals surface area contributed by atoms with E-state index in [9.17, 15) is 30.3 Å². The number of rotatable bonds is 2. The summed E-state index contributed by atoms with van der Waals surface area (Å²) in [6.45, 7) is 5.22. The Bertz CT molecular complexity index is 1690. The molecule has 0 aliphatic heterocycles. The minimum absolute atomic E-state index is 0.0458. The molecular formula is C28H22Cl2O7. The molecule has 0 heterocycles. The zero-order chi connectivity index (χ0) is 27.1. The van der Waals surface area contributed by atoms with Crippen LogP contribution in [-0.4, -0.2) is 38.4 Å². The highest BCUT2D eigenvalue weighted by atomic mass is 35.5. The van der Waals surface area contributed by atoms with Gasteiger partial charge in [-0.2, -0.15) is 0 Å². The number of hydrogen-bond donors (Lipinski definition) is 5. The van der Waals surface area contributed by atoms with E-state index in [1.165, 1.54) is 31.4 Å². The van der Waals surface area contributed by atoms with Crippen molar-refractivity contribution >= 4 is 39.8 Å². The van der Waals surface area contributed by atoms with Crippen molar-refractivity contribution in [2.45, 2.75) is 26.2 Å². The lowest BCUT2D eigenvalue weighted by molar-refractivity contribution is 0.102. The second-order valence-corrected chi connectivity index (χ2v) is 10.3. The van der Waals surface area contributed by atoms with Crippen LogP contribution in [-0.2, 0) is 5.41 Å². The molecule has 5 rings (SSSR count). The molecule has 0 atom stereocenters. The summed E-state index contributed by atoms with van der Waals surface area (Å²) in [6, 6.07) is 7.20. The van der Waals surface area contributed by atoms with Crippen LogP contribution in [0.4, 0.5) is 0 Å². The number of phenolic OH excluding ortho intramolecular Hbond substituents is 5. The van der Waals surface area contributed by atoms with E-state index < -0.39 is 16.9 Å². The number of ketones is 1. The zero-order valence-corrected chi connectivity index (χ0v) is 21.7. The fourth-order valence-electron chi connectivity index (χ4n) is 5.29. The Labute approximate surface area is 221 Å². The number of halogens is 2. The molecule has 0 saturated heterocycles. The Balaban J connectivity index is 1.94. The van der Waals surface area contributed by atoms with Gasteiger partial charge in [0.2, 0.25) is 5.78 Å². The van der Waals surface area contributed by atoms with E-state index in [0.717, 1.165) is 0 Å². The van der Waals surface area contributed by atoms with Gasteiger partial charge in [-0.1, -0.05) is 37.0 Å². The van der Waals surface area contributed by atoms with Crippen molar-refractivity contribution in [3.63, 3.8) is 0 Å². The van der Waals surface area contributed by atoms with Gasteiger partial charge in [0.15, 0.2) is 0 Å². The molecule has 9 heteroatoms. The van der Waals surface area contributed by atoms with Crippen LogP contribution in [0.2, 0.25) is 10.0 Å². The van der Waals surface area contributed by atoms with Gasteiger partial charge in [0.25, 0.3) is 0 Å². The summed E-state index contributed by atoms with van der Waals surface area (Å²) in [6.07, 6.45) is 0. The quantitative estimate of drug-likeness (QED) is 0.195. The lowest BCUT2D eigenvalue weighted by atomic mass is 9.67. The maximum absolute atomic E-state index is 13.8. The molecule has 5 N–H and O–H groups in total. The standard InChI is InChI=1S/C28H22Cl2O7/c1-10-19(18(37-4)9-17(33)23(10)29)13-7-12(31)5-11-6-14-21(25(34)20(11)13)26(35)22-15(28(14,2)3)8-16(32)24(30)27(22)36/h5-9,31-34,36H,1-4H3. The number of benzene rings is 4. The SMILES string of the molecule is COc1cc(O)c(Cl)c(C)c1-c1cc(O)cc2cc3c(c(O)c12)C(=O)c1c(cc(O)c(Cl)c1O)C3(C)C. The maximum Gasteiger partial charge on any atom is 0.201 e. The molecule has 0 aromatic heterocycles. The summed E-state index contributed by atoms with van der Waals surface area (Å²) in [4.78, 5) is 13.8. The first kappa shape index (κ1) is 24.9. The van der Waals surface area contributed by atoms with Crippen molar-refractivity contribution in [2.75, 3.05) is 7.11 Å². The summed E-state index contributed by atoms with van der Waals surface area (Å²) in [5.74, 6) is -2.08. The van der Waals surface area contributed by atoms with E-state index in [0.29, 0.717) is 33.2 Å². The summed E-state index contributed by atoms with van der Waals surface area (Å²) < 4.78 is 5.48. The number of carbonyl (C=O) groups excluding carboxylic acids is 1. The fourth-order valence-corrected chi connectivity index (χ4v) is 5.59. The Kier molecular flexibility index (Phi) is 5.44. The molecule has 4 aromatic rings. The van der Waals surface area contributed by atoms with Gasteiger partial charge in [-0.25, -0.2) is 0 Å². The van der Waals surface area contributed by atoms with E-state index >= 15 is 0 Å². The Morgan fingerprint density at radius 2 is 1.38 bits per heavy atom. The third-order valence-electron chi connectivity index (χ3n) is 7.15. The van der Waals surface area contributed by atoms with Crippen molar-refractivity contribution < 1.29 is 35.1 Å². The second-order valence-electron chi connectivity index (χ2n) is 9.59. The molecule has 1 aliphatic rings. The van der Waals surface area contributed by atoms with Crippen molar-refractivity contribution in [2.24, 2.45) is 0 Å². The van der Waals surface area contributed by atoms with Gasteiger partial charge in [0.1, 0.15) is 39.5 Å². The molecule has 0 unspecified atom stereocenters. The first-order valence-electron chi connectivity index (χ1n) is 11.2. The summed E-state index contributed by atoms with van der Waals surface area (Å²) in [5.41, 5.74) is 0.805. The molecule has 0 saturated carbocycles. The van der Waals surface area contributed by atoms with Crippen LogP contribution in [0.15, 0.2) is 30.3 Å². The van der Waals surface area contributed by atoms with Gasteiger partial charge in [0, 0.05) is 28.0 Å². The number of methoxy groups -OCH3 is 1. The molecule has 0 spiro atoms. The molecule has 37 heavy (non-hydrogen) atoms. The Morgan fingerprint density at radius 1 is 0.784 bits per heavy atom. The van der Waals surface area contributed by atoms with E-state index in [2.05, 4.69) is 0 Å². The van der Waals surface area contributed by atoms with Gasteiger partial charge < -0.3 is 30.3 Å². The molecule has 4 aromatic carbocycles. The van der Waals surface area contributed by atoms with Crippen LogP contribution in [0, 0.1) is 6.92 Å². The van der Waals surface area contributed by atoms with Crippen molar-refractivity contribution in [3.05, 3.63) is 68.2 Å². The van der Waals surface area contributed by atoms with Gasteiger partial charge >= 0.3 is 0 Å². The second kappa shape index (κ2) is 8.10. The molecule has 0 bridgehead atoms. The lowest BCUT2D eigenvalue weighted by Gasteiger charge is -2.35. The number of hydrogen-bond acceptors (Lipinski definition) is 7. The number of fused-ring (bicyclic) bond motifs is 3. The first-order valence-corrected chi connectivity index (χ1v) is 12.0. The minimum atomic E-state index is -0.954. The van der Waals surface area contributed by atoms with Gasteiger partial charge in [0.05, 0.1) is 23.3 Å². The van der Waals surface area contributed by atoms with Gasteiger partial charge in [-0.3, -0.25) is 4.79 Å². The highest BCUT2D eigenvalue weighted by Crippen LogP contribution is 2.54. The largest absolute Gasteiger partial charge is 0.508 e. The average Bonchev–Trinajstić information content (AvgIpc) is 2.83. The Morgan fingerprint density at radius 3 is 2.03 bits per heavy atom. The number of carbonyl (C=O) groups is 1. The fraction of sp³-hybridized carbons (Fsp3) is 0.179. The summed E-state index contributed by atoms with van der Waals surface area (Å²) in [7, 11) is 1.41. The number of ether oxygens (including phenoxy) is 1. The number of phenols is 5. The zero-order valence-electron chi connectivity index (χ0n) is 20.2. The van der Waals surface area contributed by atoms with Crippen LogP contribution in [0.5, 0.6) is 34.5 Å². The van der Waals surface area contributed by atoms with Crippen molar-refractivity contribution in [1.29, 1.82) is 0 Å². The molecular weight excluding hydrogens is 519 g/mol.